The molecule has 2 heterocycles. The van der Waals surface area contributed by atoms with Gasteiger partial charge in [-0.3, -0.25) is 4.68 Å². The molecule has 0 amide bonds. The zero-order valence-electron chi connectivity index (χ0n) is 11.8. The summed E-state index contributed by atoms with van der Waals surface area (Å²) in [6, 6.07) is 0.294. The summed E-state index contributed by atoms with van der Waals surface area (Å²) in [6.07, 6.45) is 2.53. The largest absolute Gasteiger partial charge is 0.463 e. The molecule has 0 aliphatic heterocycles. The lowest BCUT2D eigenvalue weighted by Crippen LogP contribution is -2.10. The minimum absolute atomic E-state index is 0.294. The second kappa shape index (κ2) is 6.64. The van der Waals surface area contributed by atoms with Crippen LogP contribution in [0.25, 0.3) is 0 Å². The van der Waals surface area contributed by atoms with E-state index >= 15 is 0 Å². The van der Waals surface area contributed by atoms with Gasteiger partial charge in [0, 0.05) is 14.1 Å². The third-order valence-corrected chi connectivity index (χ3v) is 2.33. The molecule has 0 spiro atoms. The first-order valence-electron chi connectivity index (χ1n) is 6.36. The Bertz CT molecular complexity index is 555. The van der Waals surface area contributed by atoms with E-state index in [1.54, 1.807) is 18.1 Å². The second-order valence-corrected chi connectivity index (χ2v) is 4.05. The molecule has 0 fully saturated rings. The number of nitrogens with zero attached hydrogens (tertiary/aromatic N) is 6. The highest BCUT2D eigenvalue weighted by Gasteiger charge is 2.07. The number of hydrogen-bond acceptors (Lipinski definition) is 8. The summed E-state index contributed by atoms with van der Waals surface area (Å²) < 4.78 is 7.06. The highest BCUT2D eigenvalue weighted by molar-refractivity contribution is 5.35. The van der Waals surface area contributed by atoms with Crippen molar-refractivity contribution >= 4 is 11.9 Å². The van der Waals surface area contributed by atoms with Crippen molar-refractivity contribution in [3.63, 3.8) is 0 Å². The molecule has 108 valence electrons. The van der Waals surface area contributed by atoms with Gasteiger partial charge in [0.05, 0.1) is 13.2 Å². The lowest BCUT2D eigenvalue weighted by molar-refractivity contribution is 0.292. The van der Waals surface area contributed by atoms with Crippen LogP contribution in [0.1, 0.15) is 19.2 Å². The first-order chi connectivity index (χ1) is 9.71. The summed E-state index contributed by atoms with van der Waals surface area (Å²) >= 11 is 0. The third-order valence-electron chi connectivity index (χ3n) is 2.33. The van der Waals surface area contributed by atoms with Crippen LogP contribution in [0.2, 0.25) is 0 Å². The first-order valence-corrected chi connectivity index (χ1v) is 6.36. The molecule has 9 nitrogen and oxygen atoms in total. The van der Waals surface area contributed by atoms with Crippen LogP contribution in [-0.2, 0) is 13.6 Å². The lowest BCUT2D eigenvalue weighted by atomic mass is 10.5. The van der Waals surface area contributed by atoms with Gasteiger partial charge in [0.2, 0.25) is 11.9 Å². The molecule has 2 rings (SSSR count). The monoisotopic (exact) mass is 278 g/mol. The van der Waals surface area contributed by atoms with E-state index in [0.717, 1.165) is 6.42 Å². The Balaban J connectivity index is 2.05. The molecule has 0 aromatic carbocycles. The third kappa shape index (κ3) is 3.77. The van der Waals surface area contributed by atoms with Gasteiger partial charge in [-0.25, -0.2) is 4.98 Å². The predicted octanol–water partition coefficient (Wildman–Crippen LogP) is 0.443. The number of aryl methyl sites for hydroxylation is 1. The fourth-order valence-electron chi connectivity index (χ4n) is 1.43. The van der Waals surface area contributed by atoms with Crippen LogP contribution in [0.5, 0.6) is 6.01 Å². The molecule has 0 unspecified atom stereocenters. The summed E-state index contributed by atoms with van der Waals surface area (Å²) in [4.78, 5) is 16.6. The van der Waals surface area contributed by atoms with Gasteiger partial charge in [0.15, 0.2) is 5.82 Å². The van der Waals surface area contributed by atoms with E-state index in [4.69, 9.17) is 4.74 Å². The molecule has 0 saturated carbocycles. The van der Waals surface area contributed by atoms with Crippen molar-refractivity contribution in [1.29, 1.82) is 0 Å². The average molecular weight is 278 g/mol. The van der Waals surface area contributed by atoms with Crippen molar-refractivity contribution in [2.75, 3.05) is 24.3 Å². The van der Waals surface area contributed by atoms with Crippen LogP contribution in [0.4, 0.5) is 11.9 Å². The molecule has 2 aromatic rings. The van der Waals surface area contributed by atoms with Crippen LogP contribution >= 0.6 is 0 Å². The zero-order chi connectivity index (χ0) is 14.4. The SMILES string of the molecule is CCCOc1nc(NC)nc(NCc2ncn(C)n2)n1. The number of aromatic nitrogens is 6. The maximum atomic E-state index is 5.42. The van der Waals surface area contributed by atoms with Crippen molar-refractivity contribution in [2.45, 2.75) is 19.9 Å². The molecule has 0 atom stereocenters. The molecule has 9 heteroatoms. The fourth-order valence-corrected chi connectivity index (χ4v) is 1.43. The van der Waals surface area contributed by atoms with Gasteiger partial charge in [-0.05, 0) is 6.42 Å². The van der Waals surface area contributed by atoms with E-state index in [-0.39, 0.29) is 0 Å². The minimum atomic E-state index is 0.294. The van der Waals surface area contributed by atoms with Crippen LogP contribution in [0.3, 0.4) is 0 Å². The van der Waals surface area contributed by atoms with Crippen molar-refractivity contribution in [3.05, 3.63) is 12.2 Å². The number of nitrogens with one attached hydrogen (secondary N) is 2. The molecular formula is C11H18N8O. The number of rotatable bonds is 7. The Morgan fingerprint density at radius 1 is 1.25 bits per heavy atom. The summed E-state index contributed by atoms with van der Waals surface area (Å²) in [5.41, 5.74) is 0. The zero-order valence-corrected chi connectivity index (χ0v) is 11.8. The highest BCUT2D eigenvalue weighted by Crippen LogP contribution is 2.11. The molecule has 0 saturated heterocycles. The first kappa shape index (κ1) is 14.0. The summed E-state index contributed by atoms with van der Waals surface area (Å²) in [5.74, 6) is 1.53. The van der Waals surface area contributed by atoms with Crippen LogP contribution in [0, 0.1) is 0 Å². The molecular weight excluding hydrogens is 260 g/mol. The second-order valence-electron chi connectivity index (χ2n) is 4.05. The maximum Gasteiger partial charge on any atom is 0.323 e. The van der Waals surface area contributed by atoms with Gasteiger partial charge >= 0.3 is 6.01 Å². The van der Waals surface area contributed by atoms with E-state index in [0.29, 0.717) is 36.9 Å². The van der Waals surface area contributed by atoms with E-state index < -0.39 is 0 Å². The van der Waals surface area contributed by atoms with E-state index in [9.17, 15) is 0 Å². The minimum Gasteiger partial charge on any atom is -0.463 e. The van der Waals surface area contributed by atoms with Gasteiger partial charge in [-0.15, -0.1) is 0 Å². The summed E-state index contributed by atoms with van der Waals surface area (Å²) in [5, 5.41) is 10.1. The van der Waals surface area contributed by atoms with Crippen LogP contribution < -0.4 is 15.4 Å². The topological polar surface area (TPSA) is 103 Å². The Kier molecular flexibility index (Phi) is 4.64. The highest BCUT2D eigenvalue weighted by atomic mass is 16.5. The van der Waals surface area contributed by atoms with Gasteiger partial charge in [-0.2, -0.15) is 20.1 Å². The quantitative estimate of drug-likeness (QED) is 0.752. The molecule has 2 N–H and O–H groups in total. The fraction of sp³-hybridized carbons (Fsp3) is 0.545. The van der Waals surface area contributed by atoms with Crippen LogP contribution in [-0.4, -0.2) is 43.4 Å². The molecule has 20 heavy (non-hydrogen) atoms. The lowest BCUT2D eigenvalue weighted by Gasteiger charge is -2.07. The van der Waals surface area contributed by atoms with Crippen molar-refractivity contribution < 1.29 is 4.74 Å². The van der Waals surface area contributed by atoms with Gasteiger partial charge in [0.25, 0.3) is 0 Å². The molecule has 0 radical (unpaired) electrons. The van der Waals surface area contributed by atoms with Gasteiger partial charge in [0.1, 0.15) is 6.33 Å². The normalized spacial score (nSPS) is 10.3. The molecule has 0 bridgehead atoms. The van der Waals surface area contributed by atoms with E-state index in [2.05, 4.69) is 35.7 Å². The molecule has 0 aliphatic carbocycles. The Morgan fingerprint density at radius 2 is 2.05 bits per heavy atom. The summed E-state index contributed by atoms with van der Waals surface area (Å²) in [6.45, 7) is 3.02. The van der Waals surface area contributed by atoms with Crippen molar-refractivity contribution in [3.8, 4) is 6.01 Å². The standard InChI is InChI=1S/C11H18N8O/c1-4-5-20-11-16-9(12-2)15-10(17-11)13-6-8-14-7-19(3)18-8/h7H,4-6H2,1-3H3,(H2,12,13,15,16,17). The van der Waals surface area contributed by atoms with Crippen molar-refractivity contribution in [2.24, 2.45) is 7.05 Å². The van der Waals surface area contributed by atoms with Gasteiger partial charge < -0.3 is 15.4 Å². The summed E-state index contributed by atoms with van der Waals surface area (Å²) in [7, 11) is 3.55. The van der Waals surface area contributed by atoms with Gasteiger partial charge in [-0.1, -0.05) is 6.92 Å². The van der Waals surface area contributed by atoms with Crippen molar-refractivity contribution in [1.82, 2.24) is 29.7 Å². The average Bonchev–Trinajstić information content (AvgIpc) is 2.88. The maximum absolute atomic E-state index is 5.42. The van der Waals surface area contributed by atoms with Crippen LogP contribution in [0.15, 0.2) is 6.33 Å². The number of anilines is 2. The Hall–Kier alpha value is -2.45. The molecule has 0 aliphatic rings. The Morgan fingerprint density at radius 3 is 2.70 bits per heavy atom. The Labute approximate surface area is 116 Å². The number of ether oxygens (including phenoxy) is 1. The van der Waals surface area contributed by atoms with E-state index in [1.165, 1.54) is 0 Å². The molecule has 2 aromatic heterocycles. The number of hydrogen-bond donors (Lipinski definition) is 2. The smallest absolute Gasteiger partial charge is 0.323 e. The predicted molar refractivity (Wildman–Crippen MR) is 73.5 cm³/mol. The van der Waals surface area contributed by atoms with E-state index in [1.807, 2.05) is 14.0 Å².